The molecular formula is C19H25N2O2S-. The SMILES string of the molecule is CNCc1ccccc1.O=S([O-])c1cccc(CN2CCCC2)c1. The normalized spacial score (nSPS) is 15.6. The lowest BCUT2D eigenvalue weighted by Gasteiger charge is -2.15. The van der Waals surface area contributed by atoms with Crippen LogP contribution in [-0.2, 0) is 24.2 Å². The van der Waals surface area contributed by atoms with E-state index in [0.717, 1.165) is 31.7 Å². The molecule has 1 aliphatic rings. The summed E-state index contributed by atoms with van der Waals surface area (Å²) in [4.78, 5) is 2.74. The summed E-state index contributed by atoms with van der Waals surface area (Å²) in [5.41, 5.74) is 2.42. The summed E-state index contributed by atoms with van der Waals surface area (Å²) in [7, 11) is 1.95. The average molecular weight is 345 g/mol. The Labute approximate surface area is 147 Å². The topological polar surface area (TPSA) is 55.4 Å². The summed E-state index contributed by atoms with van der Waals surface area (Å²) in [5.74, 6) is 0. The molecule has 24 heavy (non-hydrogen) atoms. The van der Waals surface area contributed by atoms with Gasteiger partial charge in [0.15, 0.2) is 0 Å². The van der Waals surface area contributed by atoms with Crippen molar-refractivity contribution < 1.29 is 8.76 Å². The Bertz CT molecular complexity index is 628. The van der Waals surface area contributed by atoms with E-state index in [1.54, 1.807) is 18.2 Å². The number of likely N-dealkylation sites (tertiary alicyclic amines) is 1. The molecule has 1 fully saturated rings. The fourth-order valence-electron chi connectivity index (χ4n) is 2.75. The lowest BCUT2D eigenvalue weighted by molar-refractivity contribution is 0.331. The van der Waals surface area contributed by atoms with Crippen LogP contribution in [0.4, 0.5) is 0 Å². The lowest BCUT2D eigenvalue weighted by Crippen LogP contribution is -2.18. The van der Waals surface area contributed by atoms with E-state index < -0.39 is 11.1 Å². The number of nitrogens with zero attached hydrogens (tertiary/aromatic N) is 1. The number of nitrogens with one attached hydrogen (secondary N) is 1. The van der Waals surface area contributed by atoms with Crippen LogP contribution in [0.3, 0.4) is 0 Å². The molecule has 0 amide bonds. The molecular weight excluding hydrogens is 320 g/mol. The van der Waals surface area contributed by atoms with Crippen LogP contribution in [0.2, 0.25) is 0 Å². The first-order valence-electron chi connectivity index (χ1n) is 8.28. The number of hydrogen-bond acceptors (Lipinski definition) is 4. The Morgan fingerprint density at radius 3 is 2.33 bits per heavy atom. The fourth-order valence-corrected chi connectivity index (χ4v) is 3.18. The summed E-state index contributed by atoms with van der Waals surface area (Å²) in [6.45, 7) is 4.08. The van der Waals surface area contributed by atoms with E-state index in [-0.39, 0.29) is 0 Å². The molecule has 2 aromatic rings. The third-order valence-electron chi connectivity index (χ3n) is 3.92. The van der Waals surface area contributed by atoms with Gasteiger partial charge >= 0.3 is 0 Å². The first-order valence-corrected chi connectivity index (χ1v) is 9.35. The van der Waals surface area contributed by atoms with E-state index in [9.17, 15) is 8.76 Å². The number of rotatable bonds is 5. The Morgan fingerprint density at radius 2 is 1.71 bits per heavy atom. The molecule has 0 saturated carbocycles. The summed E-state index contributed by atoms with van der Waals surface area (Å²) in [6.07, 6.45) is 2.51. The van der Waals surface area contributed by atoms with Crippen LogP contribution >= 0.6 is 0 Å². The highest BCUT2D eigenvalue weighted by Crippen LogP contribution is 2.14. The molecule has 1 heterocycles. The zero-order valence-corrected chi connectivity index (χ0v) is 14.9. The highest BCUT2D eigenvalue weighted by molar-refractivity contribution is 7.79. The zero-order chi connectivity index (χ0) is 17.2. The lowest BCUT2D eigenvalue weighted by atomic mass is 10.2. The van der Waals surface area contributed by atoms with Crippen molar-refractivity contribution >= 4 is 11.1 Å². The van der Waals surface area contributed by atoms with Crippen LogP contribution in [0.5, 0.6) is 0 Å². The van der Waals surface area contributed by atoms with Crippen LogP contribution in [-0.4, -0.2) is 33.8 Å². The third-order valence-corrected chi connectivity index (χ3v) is 4.56. The maximum absolute atomic E-state index is 10.8. The summed E-state index contributed by atoms with van der Waals surface area (Å²) < 4.78 is 21.6. The molecule has 5 heteroatoms. The molecule has 0 radical (unpaired) electrons. The molecule has 2 aromatic carbocycles. The van der Waals surface area contributed by atoms with Gasteiger partial charge in [0, 0.05) is 18.0 Å². The van der Waals surface area contributed by atoms with Gasteiger partial charge in [-0.25, -0.2) is 0 Å². The molecule has 130 valence electrons. The Balaban J connectivity index is 0.000000198. The molecule has 4 nitrogen and oxygen atoms in total. The maximum atomic E-state index is 10.8. The Kier molecular flexibility index (Phi) is 8.12. The second kappa shape index (κ2) is 10.4. The van der Waals surface area contributed by atoms with Gasteiger partial charge in [0.05, 0.1) is 0 Å². The second-order valence-electron chi connectivity index (χ2n) is 5.88. The van der Waals surface area contributed by atoms with E-state index >= 15 is 0 Å². The van der Waals surface area contributed by atoms with Gasteiger partial charge in [0.1, 0.15) is 0 Å². The fraction of sp³-hybridized carbons (Fsp3) is 0.368. The van der Waals surface area contributed by atoms with Crippen molar-refractivity contribution in [3.63, 3.8) is 0 Å². The quantitative estimate of drug-likeness (QED) is 0.847. The highest BCUT2D eigenvalue weighted by Gasteiger charge is 2.11. The summed E-state index contributed by atoms with van der Waals surface area (Å²) >= 11 is -2.11. The van der Waals surface area contributed by atoms with E-state index in [0.29, 0.717) is 4.90 Å². The largest absolute Gasteiger partial charge is 0.768 e. The molecule has 0 bridgehead atoms. The minimum atomic E-state index is -2.11. The molecule has 0 spiro atoms. The molecule has 1 atom stereocenters. The van der Waals surface area contributed by atoms with Crippen molar-refractivity contribution in [1.29, 1.82) is 0 Å². The smallest absolute Gasteiger partial charge is 0.0251 e. The van der Waals surface area contributed by atoms with E-state index in [1.807, 2.05) is 31.3 Å². The van der Waals surface area contributed by atoms with Crippen molar-refractivity contribution in [3.8, 4) is 0 Å². The molecule has 1 aliphatic heterocycles. The van der Waals surface area contributed by atoms with Gasteiger partial charge in [-0.2, -0.15) is 0 Å². The van der Waals surface area contributed by atoms with Crippen LogP contribution < -0.4 is 5.32 Å². The molecule has 1 saturated heterocycles. The first kappa shape index (κ1) is 18.8. The van der Waals surface area contributed by atoms with Gasteiger partial charge < -0.3 is 9.87 Å². The molecule has 1 unspecified atom stereocenters. The van der Waals surface area contributed by atoms with Gasteiger partial charge in [-0.1, -0.05) is 42.5 Å². The maximum Gasteiger partial charge on any atom is 0.0251 e. The molecule has 0 aliphatic carbocycles. The van der Waals surface area contributed by atoms with Crippen molar-refractivity contribution in [2.75, 3.05) is 20.1 Å². The van der Waals surface area contributed by atoms with Crippen molar-refractivity contribution in [2.45, 2.75) is 30.8 Å². The molecule has 3 rings (SSSR count). The minimum absolute atomic E-state index is 0.381. The monoisotopic (exact) mass is 345 g/mol. The van der Waals surface area contributed by atoms with Gasteiger partial charge in [-0.05, 0) is 67.3 Å². The summed E-state index contributed by atoms with van der Waals surface area (Å²) in [6, 6.07) is 17.5. The predicted octanol–water partition coefficient (Wildman–Crippen LogP) is 2.93. The average Bonchev–Trinajstić information content (AvgIpc) is 3.10. The molecule has 1 N–H and O–H groups in total. The standard InChI is InChI=1S/C11H15NO2S.C8H11N/c13-15(14)11-5-3-4-10(8-11)9-12-6-1-2-7-12;1-9-7-8-5-3-2-4-6-8/h3-5,8H,1-2,6-7,9H2,(H,13,14);2-6,9H,7H2,1H3/p-1. The number of hydrogen-bond donors (Lipinski definition) is 1. The van der Waals surface area contributed by atoms with Crippen LogP contribution in [0.25, 0.3) is 0 Å². The Hall–Kier alpha value is -1.53. The van der Waals surface area contributed by atoms with Gasteiger partial charge in [-0.3, -0.25) is 9.11 Å². The summed E-state index contributed by atoms with van der Waals surface area (Å²) in [5, 5.41) is 3.08. The second-order valence-corrected chi connectivity index (χ2v) is 6.82. The van der Waals surface area contributed by atoms with Crippen LogP contribution in [0.15, 0.2) is 59.5 Å². The van der Waals surface area contributed by atoms with Gasteiger partial charge in [-0.15, -0.1) is 0 Å². The zero-order valence-electron chi connectivity index (χ0n) is 14.1. The first-order chi connectivity index (χ1) is 11.7. The van der Waals surface area contributed by atoms with E-state index in [4.69, 9.17) is 0 Å². The van der Waals surface area contributed by atoms with E-state index in [1.165, 1.54) is 18.4 Å². The number of benzene rings is 2. The van der Waals surface area contributed by atoms with Gasteiger partial charge in [0.2, 0.25) is 0 Å². The highest BCUT2D eigenvalue weighted by atomic mass is 32.2. The van der Waals surface area contributed by atoms with Crippen LogP contribution in [0, 0.1) is 0 Å². The Morgan fingerprint density at radius 1 is 1.04 bits per heavy atom. The molecule has 0 aromatic heterocycles. The van der Waals surface area contributed by atoms with Crippen molar-refractivity contribution in [3.05, 3.63) is 65.7 Å². The third kappa shape index (κ3) is 6.53. The van der Waals surface area contributed by atoms with Crippen LogP contribution in [0.1, 0.15) is 24.0 Å². The van der Waals surface area contributed by atoms with Crippen molar-refractivity contribution in [1.82, 2.24) is 10.2 Å². The minimum Gasteiger partial charge on any atom is -0.768 e. The van der Waals surface area contributed by atoms with Crippen molar-refractivity contribution in [2.24, 2.45) is 0 Å². The van der Waals surface area contributed by atoms with E-state index in [2.05, 4.69) is 22.3 Å². The van der Waals surface area contributed by atoms with Gasteiger partial charge in [0.25, 0.3) is 0 Å². The predicted molar refractivity (Wildman–Crippen MR) is 97.3 cm³/mol.